The van der Waals surface area contributed by atoms with Crippen LogP contribution in [0.2, 0.25) is 5.15 Å². The van der Waals surface area contributed by atoms with Gasteiger partial charge in [-0.15, -0.1) is 11.3 Å². The van der Waals surface area contributed by atoms with E-state index in [1.807, 2.05) is 30.3 Å². The number of benzene rings is 1. The van der Waals surface area contributed by atoms with Gasteiger partial charge in [-0.1, -0.05) is 54.0 Å². The van der Waals surface area contributed by atoms with Gasteiger partial charge in [-0.25, -0.2) is 9.38 Å². The predicted octanol–water partition coefficient (Wildman–Crippen LogP) is 4.45. The van der Waals surface area contributed by atoms with Crippen molar-refractivity contribution in [3.8, 4) is 11.1 Å². The first kappa shape index (κ1) is 14.6. The highest BCUT2D eigenvalue weighted by atomic mass is 35.5. The van der Waals surface area contributed by atoms with E-state index in [0.29, 0.717) is 26.9 Å². The number of hydrogen-bond donors (Lipinski definition) is 0. The van der Waals surface area contributed by atoms with Crippen LogP contribution >= 0.6 is 22.9 Å². The fourth-order valence-electron chi connectivity index (χ4n) is 2.25. The van der Waals surface area contributed by atoms with Crippen LogP contribution < -0.4 is 5.56 Å². The Bertz CT molecular complexity index is 943. The Balaban J connectivity index is 2.42. The first-order valence-electron chi connectivity index (χ1n) is 6.42. The largest absolute Gasteiger partial charge is 0.268 e. The minimum absolute atomic E-state index is 0.266. The lowest BCUT2D eigenvalue weighted by atomic mass is 10.0. The van der Waals surface area contributed by atoms with Gasteiger partial charge in [0.1, 0.15) is 5.15 Å². The fourth-order valence-corrected chi connectivity index (χ4v) is 3.34. The molecule has 8 heteroatoms. The molecule has 2 heterocycles. The van der Waals surface area contributed by atoms with Gasteiger partial charge in [0.15, 0.2) is 4.96 Å². The van der Waals surface area contributed by atoms with Gasteiger partial charge in [0.2, 0.25) is 0 Å². The molecule has 0 saturated heterocycles. The average molecular weight is 332 g/mol. The number of rotatable bonds is 3. The molecule has 1 aromatic carbocycles. The van der Waals surface area contributed by atoms with Gasteiger partial charge in [-0.05, 0) is 11.1 Å². The maximum Gasteiger partial charge on any atom is 0.267 e. The molecule has 0 radical (unpaired) electrons. The number of hydrogen-bond acceptors (Lipinski definition) is 4. The number of nitrogens with zero attached hydrogens (tertiary/aromatic N) is 5. The molecule has 6 nitrogen and oxygen atoms in total. The lowest BCUT2D eigenvalue weighted by Crippen LogP contribution is -2.19. The second-order valence-electron chi connectivity index (χ2n) is 4.60. The standard InChI is InChI=1S/C14H10ClN5OS/c1-8(18-19-16)12-11(9-5-3-2-4-6-9)13(21)20-10(15)7-22-14(20)17-12/h2-8H,1H3. The zero-order chi connectivity index (χ0) is 15.7. The molecule has 1 unspecified atom stereocenters. The van der Waals surface area contributed by atoms with E-state index in [-0.39, 0.29) is 5.56 Å². The van der Waals surface area contributed by atoms with E-state index < -0.39 is 6.04 Å². The zero-order valence-corrected chi connectivity index (χ0v) is 13.0. The van der Waals surface area contributed by atoms with E-state index in [4.69, 9.17) is 17.1 Å². The fraction of sp³-hybridized carbons (Fsp3) is 0.143. The van der Waals surface area contributed by atoms with E-state index in [1.165, 1.54) is 15.7 Å². The monoisotopic (exact) mass is 331 g/mol. The van der Waals surface area contributed by atoms with Gasteiger partial charge in [-0.3, -0.25) is 4.79 Å². The molecule has 0 aliphatic heterocycles. The molecular weight excluding hydrogens is 322 g/mol. The van der Waals surface area contributed by atoms with Crippen LogP contribution in [-0.4, -0.2) is 9.38 Å². The molecule has 1 atom stereocenters. The molecule has 2 aromatic heterocycles. The summed E-state index contributed by atoms with van der Waals surface area (Å²) >= 11 is 7.35. The van der Waals surface area contributed by atoms with Crippen LogP contribution in [0, 0.1) is 0 Å². The first-order valence-corrected chi connectivity index (χ1v) is 7.68. The second-order valence-corrected chi connectivity index (χ2v) is 5.82. The SMILES string of the molecule is CC(N=[N+]=[N-])c1nc2scc(Cl)n2c(=O)c1-c1ccccc1. The predicted molar refractivity (Wildman–Crippen MR) is 87.3 cm³/mol. The average Bonchev–Trinajstić information content (AvgIpc) is 2.90. The summed E-state index contributed by atoms with van der Waals surface area (Å²) in [4.78, 5) is 20.6. The Labute approximate surface area is 134 Å². The maximum atomic E-state index is 12.9. The summed E-state index contributed by atoms with van der Waals surface area (Å²) in [5.74, 6) is 0. The number of fused-ring (bicyclic) bond motifs is 1. The molecule has 0 fully saturated rings. The molecule has 0 spiro atoms. The summed E-state index contributed by atoms with van der Waals surface area (Å²) in [5, 5.41) is 5.65. The molecular formula is C14H10ClN5OS. The third kappa shape index (κ3) is 2.35. The Morgan fingerprint density at radius 3 is 2.82 bits per heavy atom. The van der Waals surface area contributed by atoms with Crippen molar-refractivity contribution in [3.05, 3.63) is 67.4 Å². The second kappa shape index (κ2) is 5.81. The van der Waals surface area contributed by atoms with Crippen LogP contribution in [0.1, 0.15) is 18.7 Å². The highest BCUT2D eigenvalue weighted by Crippen LogP contribution is 2.28. The number of thiazole rings is 1. The number of halogens is 1. The minimum Gasteiger partial charge on any atom is -0.268 e. The molecule has 0 aliphatic rings. The topological polar surface area (TPSA) is 83.1 Å². The van der Waals surface area contributed by atoms with Crippen LogP contribution in [-0.2, 0) is 0 Å². The van der Waals surface area contributed by atoms with Crippen LogP contribution in [0.15, 0.2) is 45.6 Å². The van der Waals surface area contributed by atoms with Crippen LogP contribution in [0.25, 0.3) is 26.5 Å². The molecule has 110 valence electrons. The van der Waals surface area contributed by atoms with Crippen LogP contribution in [0.3, 0.4) is 0 Å². The summed E-state index contributed by atoms with van der Waals surface area (Å²) in [6.45, 7) is 1.71. The quantitative estimate of drug-likeness (QED) is 0.403. The molecule has 0 amide bonds. The van der Waals surface area contributed by atoms with Crippen molar-refractivity contribution in [2.24, 2.45) is 5.11 Å². The smallest absolute Gasteiger partial charge is 0.267 e. The lowest BCUT2D eigenvalue weighted by molar-refractivity contribution is 0.771. The minimum atomic E-state index is -0.557. The number of aromatic nitrogens is 2. The third-order valence-electron chi connectivity index (χ3n) is 3.24. The molecule has 3 rings (SSSR count). The Hall–Kier alpha value is -2.34. The van der Waals surface area contributed by atoms with Crippen LogP contribution in [0.5, 0.6) is 0 Å². The molecule has 0 N–H and O–H groups in total. The van der Waals surface area contributed by atoms with E-state index >= 15 is 0 Å². The Morgan fingerprint density at radius 2 is 2.14 bits per heavy atom. The maximum absolute atomic E-state index is 12.9. The van der Waals surface area contributed by atoms with E-state index in [1.54, 1.807) is 12.3 Å². The summed E-state index contributed by atoms with van der Waals surface area (Å²) in [5.41, 5.74) is 9.98. The van der Waals surface area contributed by atoms with Gasteiger partial charge in [-0.2, -0.15) is 0 Å². The number of azide groups is 1. The van der Waals surface area contributed by atoms with E-state index in [2.05, 4.69) is 15.0 Å². The zero-order valence-electron chi connectivity index (χ0n) is 11.5. The van der Waals surface area contributed by atoms with Gasteiger partial charge in [0.25, 0.3) is 5.56 Å². The van der Waals surface area contributed by atoms with E-state index in [9.17, 15) is 4.79 Å². The van der Waals surface area contributed by atoms with Crippen molar-refractivity contribution in [1.29, 1.82) is 0 Å². The lowest BCUT2D eigenvalue weighted by Gasteiger charge is -2.11. The highest BCUT2D eigenvalue weighted by Gasteiger charge is 2.20. The summed E-state index contributed by atoms with van der Waals surface area (Å²) in [6, 6.07) is 8.61. The van der Waals surface area contributed by atoms with Crippen molar-refractivity contribution in [1.82, 2.24) is 9.38 Å². The molecule has 22 heavy (non-hydrogen) atoms. The van der Waals surface area contributed by atoms with Crippen molar-refractivity contribution < 1.29 is 0 Å². The van der Waals surface area contributed by atoms with Crippen molar-refractivity contribution >= 4 is 27.9 Å². The van der Waals surface area contributed by atoms with Crippen molar-refractivity contribution in [3.63, 3.8) is 0 Å². The Morgan fingerprint density at radius 1 is 1.41 bits per heavy atom. The van der Waals surface area contributed by atoms with Gasteiger partial charge in [0, 0.05) is 10.3 Å². The van der Waals surface area contributed by atoms with Crippen molar-refractivity contribution in [2.75, 3.05) is 0 Å². The van der Waals surface area contributed by atoms with Crippen molar-refractivity contribution in [2.45, 2.75) is 13.0 Å². The van der Waals surface area contributed by atoms with Gasteiger partial charge >= 0.3 is 0 Å². The van der Waals surface area contributed by atoms with Gasteiger partial charge in [0.05, 0.1) is 17.3 Å². The summed E-state index contributed by atoms with van der Waals surface area (Å²) in [7, 11) is 0. The molecule has 3 aromatic rings. The first-order chi connectivity index (χ1) is 10.6. The molecule has 0 saturated carbocycles. The normalized spacial score (nSPS) is 12.1. The highest BCUT2D eigenvalue weighted by molar-refractivity contribution is 7.15. The molecule has 0 bridgehead atoms. The van der Waals surface area contributed by atoms with Gasteiger partial charge < -0.3 is 0 Å². The van der Waals surface area contributed by atoms with Crippen LogP contribution in [0.4, 0.5) is 0 Å². The van der Waals surface area contributed by atoms with E-state index in [0.717, 1.165) is 0 Å². The summed E-state index contributed by atoms with van der Waals surface area (Å²) in [6.07, 6.45) is 0. The molecule has 0 aliphatic carbocycles. The third-order valence-corrected chi connectivity index (χ3v) is 4.47. The summed E-state index contributed by atoms with van der Waals surface area (Å²) < 4.78 is 1.36. The Kier molecular flexibility index (Phi) is 3.85.